The zero-order valence-corrected chi connectivity index (χ0v) is 19.1. The predicted octanol–water partition coefficient (Wildman–Crippen LogP) is 9.75. The zero-order valence-electron chi connectivity index (χ0n) is 19.1. The van der Waals surface area contributed by atoms with Crippen LogP contribution >= 0.6 is 0 Å². The van der Waals surface area contributed by atoms with Crippen LogP contribution in [-0.4, -0.2) is 0 Å². The summed E-state index contributed by atoms with van der Waals surface area (Å²) in [6.45, 7) is 2.29. The van der Waals surface area contributed by atoms with Gasteiger partial charge in [-0.15, -0.1) is 0 Å². The van der Waals surface area contributed by atoms with Crippen molar-refractivity contribution in [1.82, 2.24) is 0 Å². The Morgan fingerprint density at radius 2 is 1.33 bits per heavy atom. The van der Waals surface area contributed by atoms with Gasteiger partial charge in [-0.2, -0.15) is 8.78 Å². The number of benzene rings is 1. The molecule has 2 saturated carbocycles. The summed E-state index contributed by atoms with van der Waals surface area (Å²) in [5, 5.41) is 0. The Balaban J connectivity index is 1.33. The summed E-state index contributed by atoms with van der Waals surface area (Å²) >= 11 is 0. The van der Waals surface area contributed by atoms with Gasteiger partial charge < -0.3 is 0 Å². The van der Waals surface area contributed by atoms with Crippen LogP contribution in [0, 0.1) is 17.8 Å². The SMILES string of the molecule is CCCCCCCCC1CCC(C2CCC(c3ccc(C=C(F)F)cc3)CC2)CC1. The first-order chi connectivity index (χ1) is 14.7. The number of rotatable bonds is 10. The van der Waals surface area contributed by atoms with E-state index in [0.717, 1.165) is 23.8 Å². The maximum Gasteiger partial charge on any atom is 0.270 e. The highest BCUT2D eigenvalue weighted by molar-refractivity contribution is 5.50. The Hall–Kier alpha value is -1.18. The van der Waals surface area contributed by atoms with E-state index >= 15 is 0 Å². The average Bonchev–Trinajstić information content (AvgIpc) is 2.77. The van der Waals surface area contributed by atoms with Crippen molar-refractivity contribution < 1.29 is 8.78 Å². The van der Waals surface area contributed by atoms with Gasteiger partial charge in [0.25, 0.3) is 6.08 Å². The van der Waals surface area contributed by atoms with E-state index in [4.69, 9.17) is 0 Å². The van der Waals surface area contributed by atoms with E-state index in [0.29, 0.717) is 11.5 Å². The second-order valence-electron chi connectivity index (χ2n) is 10.0. The van der Waals surface area contributed by atoms with Crippen LogP contribution in [0.2, 0.25) is 0 Å². The highest BCUT2D eigenvalue weighted by Crippen LogP contribution is 2.44. The van der Waals surface area contributed by atoms with Crippen LogP contribution in [0.25, 0.3) is 6.08 Å². The molecule has 0 aliphatic heterocycles. The number of unbranched alkanes of at least 4 members (excludes halogenated alkanes) is 5. The summed E-state index contributed by atoms with van der Waals surface area (Å²) in [6, 6.07) is 7.80. The van der Waals surface area contributed by atoms with Crippen molar-refractivity contribution in [2.24, 2.45) is 17.8 Å². The molecule has 0 atom stereocenters. The summed E-state index contributed by atoms with van der Waals surface area (Å²) in [5.74, 6) is 3.52. The van der Waals surface area contributed by atoms with Gasteiger partial charge in [-0.05, 0) is 73.3 Å². The monoisotopic (exact) mass is 416 g/mol. The van der Waals surface area contributed by atoms with Gasteiger partial charge in [0.1, 0.15) is 0 Å². The molecule has 1 aromatic carbocycles. The lowest BCUT2D eigenvalue weighted by atomic mass is 9.68. The van der Waals surface area contributed by atoms with Gasteiger partial charge in [-0.3, -0.25) is 0 Å². The molecule has 30 heavy (non-hydrogen) atoms. The normalized spacial score (nSPS) is 27.0. The van der Waals surface area contributed by atoms with Crippen LogP contribution in [-0.2, 0) is 0 Å². The standard InChI is InChI=1S/C28H42F2/c1-2-3-4-5-6-7-8-22-9-13-24(14-10-22)26-17-19-27(20-18-26)25-15-11-23(12-16-25)21-28(29)30/h11-12,15-16,21-22,24,26-27H,2-10,13-14,17-20H2,1H3. The van der Waals surface area contributed by atoms with Crippen molar-refractivity contribution in [2.45, 2.75) is 109 Å². The molecule has 0 nitrogen and oxygen atoms in total. The molecule has 0 aromatic heterocycles. The van der Waals surface area contributed by atoms with Gasteiger partial charge in [0.15, 0.2) is 0 Å². The molecule has 0 radical (unpaired) electrons. The van der Waals surface area contributed by atoms with Gasteiger partial charge in [0, 0.05) is 6.08 Å². The maximum absolute atomic E-state index is 12.4. The Labute approximate surface area is 183 Å². The van der Waals surface area contributed by atoms with Gasteiger partial charge >= 0.3 is 0 Å². The lowest BCUT2D eigenvalue weighted by molar-refractivity contribution is 0.155. The molecule has 0 spiro atoms. The third kappa shape index (κ3) is 7.50. The van der Waals surface area contributed by atoms with Crippen LogP contribution in [0.4, 0.5) is 8.78 Å². The second kappa shape index (κ2) is 12.6. The summed E-state index contributed by atoms with van der Waals surface area (Å²) < 4.78 is 24.8. The molecular weight excluding hydrogens is 374 g/mol. The fraction of sp³-hybridized carbons (Fsp3) is 0.714. The van der Waals surface area contributed by atoms with Gasteiger partial charge in [-0.25, -0.2) is 0 Å². The van der Waals surface area contributed by atoms with Crippen molar-refractivity contribution in [3.8, 4) is 0 Å². The van der Waals surface area contributed by atoms with Crippen molar-refractivity contribution in [2.75, 3.05) is 0 Å². The largest absolute Gasteiger partial charge is 0.270 e. The van der Waals surface area contributed by atoms with Gasteiger partial charge in [0.2, 0.25) is 0 Å². The van der Waals surface area contributed by atoms with E-state index in [1.165, 1.54) is 102 Å². The van der Waals surface area contributed by atoms with Crippen LogP contribution in [0.3, 0.4) is 0 Å². The number of halogens is 2. The molecule has 2 heteroatoms. The minimum atomic E-state index is -1.62. The van der Waals surface area contributed by atoms with Crippen LogP contribution in [0.5, 0.6) is 0 Å². The Morgan fingerprint density at radius 3 is 1.93 bits per heavy atom. The van der Waals surface area contributed by atoms with Gasteiger partial charge in [-0.1, -0.05) is 89.0 Å². The lowest BCUT2D eigenvalue weighted by Gasteiger charge is -2.38. The molecule has 0 unspecified atom stereocenters. The molecule has 0 saturated heterocycles. The molecule has 2 aliphatic rings. The summed E-state index contributed by atoms with van der Waals surface area (Å²) in [7, 11) is 0. The van der Waals surface area contributed by atoms with E-state index in [1.54, 1.807) is 0 Å². The molecule has 1 aromatic rings. The first-order valence-corrected chi connectivity index (χ1v) is 12.8. The molecule has 2 fully saturated rings. The molecule has 0 heterocycles. The Bertz CT molecular complexity index is 613. The van der Waals surface area contributed by atoms with E-state index in [1.807, 2.05) is 12.1 Å². The van der Waals surface area contributed by atoms with Crippen LogP contribution in [0.1, 0.15) is 120 Å². The molecular formula is C28H42F2. The highest BCUT2D eigenvalue weighted by atomic mass is 19.3. The number of hydrogen-bond acceptors (Lipinski definition) is 0. The molecule has 0 amide bonds. The number of hydrogen-bond donors (Lipinski definition) is 0. The molecule has 168 valence electrons. The van der Waals surface area contributed by atoms with Crippen LogP contribution in [0.15, 0.2) is 30.3 Å². The molecule has 3 rings (SSSR count). The third-order valence-electron chi connectivity index (χ3n) is 7.98. The Kier molecular flexibility index (Phi) is 9.88. The van der Waals surface area contributed by atoms with E-state index in [2.05, 4.69) is 19.1 Å². The molecule has 2 aliphatic carbocycles. The van der Waals surface area contributed by atoms with Crippen molar-refractivity contribution in [3.05, 3.63) is 41.5 Å². The Morgan fingerprint density at radius 1 is 0.767 bits per heavy atom. The second-order valence-corrected chi connectivity index (χ2v) is 10.0. The first-order valence-electron chi connectivity index (χ1n) is 12.8. The summed E-state index contributed by atoms with van der Waals surface area (Å²) in [4.78, 5) is 0. The smallest absolute Gasteiger partial charge is 0.173 e. The molecule has 0 N–H and O–H groups in total. The van der Waals surface area contributed by atoms with E-state index < -0.39 is 6.08 Å². The highest BCUT2D eigenvalue weighted by Gasteiger charge is 2.31. The minimum absolute atomic E-state index is 0.602. The first kappa shape index (κ1) is 23.5. The van der Waals surface area contributed by atoms with Crippen molar-refractivity contribution in [3.63, 3.8) is 0 Å². The van der Waals surface area contributed by atoms with Gasteiger partial charge in [0.05, 0.1) is 0 Å². The van der Waals surface area contributed by atoms with E-state index in [9.17, 15) is 8.78 Å². The topological polar surface area (TPSA) is 0 Å². The summed E-state index contributed by atoms with van der Waals surface area (Å²) in [5.41, 5.74) is 1.94. The fourth-order valence-electron chi connectivity index (χ4n) is 6.08. The van der Waals surface area contributed by atoms with Crippen LogP contribution < -0.4 is 0 Å². The minimum Gasteiger partial charge on any atom is -0.173 e. The third-order valence-corrected chi connectivity index (χ3v) is 7.98. The average molecular weight is 417 g/mol. The maximum atomic E-state index is 12.4. The van der Waals surface area contributed by atoms with Crippen molar-refractivity contribution in [1.29, 1.82) is 0 Å². The molecule has 0 bridgehead atoms. The predicted molar refractivity (Wildman–Crippen MR) is 125 cm³/mol. The van der Waals surface area contributed by atoms with Crippen molar-refractivity contribution >= 4 is 6.08 Å². The van der Waals surface area contributed by atoms with E-state index in [-0.39, 0.29) is 0 Å². The quantitative estimate of drug-likeness (QED) is 0.333. The lowest BCUT2D eigenvalue weighted by Crippen LogP contribution is -2.25. The zero-order chi connectivity index (χ0) is 21.2. The fourth-order valence-corrected chi connectivity index (χ4v) is 6.08. The summed E-state index contributed by atoms with van der Waals surface area (Å²) in [6.07, 6.45) is 20.5.